The van der Waals surface area contributed by atoms with Crippen LogP contribution >= 0.6 is 0 Å². The maximum absolute atomic E-state index is 12.9. The zero-order valence-corrected chi connectivity index (χ0v) is 45.9. The first-order valence-corrected chi connectivity index (χ1v) is 30.3. The van der Waals surface area contributed by atoms with Crippen molar-refractivity contribution in [1.29, 1.82) is 0 Å². The Bertz CT molecular complexity index is 1100. The quantitative estimate of drug-likeness (QED) is 0.0262. The van der Waals surface area contributed by atoms with Crippen LogP contribution in [-0.4, -0.2) is 37.2 Å². The molecule has 6 heteroatoms. The molecule has 1 atom stereocenters. The summed E-state index contributed by atoms with van der Waals surface area (Å²) in [4.78, 5) is 38.2. The molecule has 400 valence electrons. The van der Waals surface area contributed by atoms with Crippen LogP contribution in [0.25, 0.3) is 0 Å². The molecule has 0 aromatic carbocycles. The minimum atomic E-state index is -0.770. The summed E-state index contributed by atoms with van der Waals surface area (Å²) in [5, 5.41) is 0. The largest absolute Gasteiger partial charge is 0.462 e. The summed E-state index contributed by atoms with van der Waals surface area (Å²) in [5.41, 5.74) is 0. The molecule has 0 aromatic rings. The van der Waals surface area contributed by atoms with Crippen molar-refractivity contribution in [3.05, 3.63) is 24.3 Å². The molecular weight excluding hydrogens is 841 g/mol. The van der Waals surface area contributed by atoms with Gasteiger partial charge < -0.3 is 14.2 Å². The van der Waals surface area contributed by atoms with E-state index >= 15 is 0 Å². The molecule has 0 N–H and O–H groups in total. The lowest BCUT2D eigenvalue weighted by molar-refractivity contribution is -0.167. The lowest BCUT2D eigenvalue weighted by Crippen LogP contribution is -2.30. The molecule has 0 saturated heterocycles. The number of hydrogen-bond acceptors (Lipinski definition) is 6. The molecule has 0 rings (SSSR count). The van der Waals surface area contributed by atoms with Gasteiger partial charge in [0.1, 0.15) is 13.2 Å². The molecule has 0 aromatic heterocycles. The smallest absolute Gasteiger partial charge is 0.306 e. The summed E-state index contributed by atoms with van der Waals surface area (Å²) in [5.74, 6) is -0.851. The monoisotopic (exact) mass is 957 g/mol. The molecule has 0 spiro atoms. The second kappa shape index (κ2) is 57.5. The minimum Gasteiger partial charge on any atom is -0.462 e. The highest BCUT2D eigenvalue weighted by atomic mass is 16.6. The highest BCUT2D eigenvalue weighted by Crippen LogP contribution is 2.18. The lowest BCUT2D eigenvalue weighted by Gasteiger charge is -2.18. The van der Waals surface area contributed by atoms with E-state index in [1.165, 1.54) is 218 Å². The minimum absolute atomic E-state index is 0.0677. The molecule has 0 aliphatic heterocycles. The van der Waals surface area contributed by atoms with E-state index in [-0.39, 0.29) is 31.1 Å². The van der Waals surface area contributed by atoms with Gasteiger partial charge in [-0.15, -0.1) is 0 Å². The van der Waals surface area contributed by atoms with Crippen LogP contribution in [0.4, 0.5) is 0 Å². The second-order valence-electron chi connectivity index (χ2n) is 20.6. The first-order chi connectivity index (χ1) is 33.5. The maximum atomic E-state index is 12.9. The second-order valence-corrected chi connectivity index (χ2v) is 20.6. The van der Waals surface area contributed by atoms with E-state index in [2.05, 4.69) is 45.1 Å². The van der Waals surface area contributed by atoms with E-state index in [0.717, 1.165) is 77.0 Å². The van der Waals surface area contributed by atoms with Gasteiger partial charge in [-0.3, -0.25) is 14.4 Å². The van der Waals surface area contributed by atoms with Crippen LogP contribution in [0.2, 0.25) is 0 Å². The van der Waals surface area contributed by atoms with Crippen molar-refractivity contribution in [3.63, 3.8) is 0 Å². The van der Waals surface area contributed by atoms with E-state index in [4.69, 9.17) is 14.2 Å². The number of hydrogen-bond donors (Lipinski definition) is 0. The van der Waals surface area contributed by atoms with Gasteiger partial charge in [-0.2, -0.15) is 0 Å². The van der Waals surface area contributed by atoms with E-state index in [1.54, 1.807) is 0 Å². The molecule has 0 amide bonds. The molecular formula is C62H116O6. The van der Waals surface area contributed by atoms with E-state index in [1.807, 2.05) is 0 Å². The van der Waals surface area contributed by atoms with Crippen molar-refractivity contribution in [2.24, 2.45) is 0 Å². The number of rotatable bonds is 56. The Morgan fingerprint density at radius 1 is 0.309 bits per heavy atom. The number of unbranched alkanes of at least 4 members (excludes halogenated alkanes) is 41. The number of carbonyl (C=O) groups is 3. The first kappa shape index (κ1) is 65.9. The molecule has 0 radical (unpaired) electrons. The van der Waals surface area contributed by atoms with Gasteiger partial charge in [-0.1, -0.05) is 295 Å². The topological polar surface area (TPSA) is 78.9 Å². The molecule has 0 heterocycles. The van der Waals surface area contributed by atoms with Gasteiger partial charge in [0.15, 0.2) is 6.10 Å². The van der Waals surface area contributed by atoms with Gasteiger partial charge in [0.25, 0.3) is 0 Å². The molecule has 6 nitrogen and oxygen atoms in total. The summed E-state index contributed by atoms with van der Waals surface area (Å²) in [7, 11) is 0. The van der Waals surface area contributed by atoms with Gasteiger partial charge in [-0.25, -0.2) is 0 Å². The summed E-state index contributed by atoms with van der Waals surface area (Å²) >= 11 is 0. The third kappa shape index (κ3) is 54.8. The lowest BCUT2D eigenvalue weighted by atomic mass is 10.0. The van der Waals surface area contributed by atoms with Crippen LogP contribution in [0, 0.1) is 0 Å². The normalized spacial score (nSPS) is 12.1. The number of esters is 3. The fourth-order valence-corrected chi connectivity index (χ4v) is 9.19. The van der Waals surface area contributed by atoms with Gasteiger partial charge in [0.2, 0.25) is 0 Å². The average Bonchev–Trinajstić information content (AvgIpc) is 3.34. The molecule has 0 aliphatic rings. The number of carbonyl (C=O) groups excluding carboxylic acids is 3. The van der Waals surface area contributed by atoms with Crippen molar-refractivity contribution in [1.82, 2.24) is 0 Å². The van der Waals surface area contributed by atoms with Crippen LogP contribution in [0.1, 0.15) is 335 Å². The molecule has 1 unspecified atom stereocenters. The van der Waals surface area contributed by atoms with Crippen molar-refractivity contribution < 1.29 is 28.6 Å². The molecule has 0 saturated carbocycles. The van der Waals surface area contributed by atoms with Crippen molar-refractivity contribution >= 4 is 17.9 Å². The van der Waals surface area contributed by atoms with Gasteiger partial charge in [0.05, 0.1) is 0 Å². The fourth-order valence-electron chi connectivity index (χ4n) is 9.19. The standard InChI is InChI=1S/C62H116O6/c1-4-7-10-13-16-19-22-25-28-30-32-34-37-40-43-46-49-52-55-61(64)67-58-59(57-66-60(63)54-51-48-45-42-39-36-27-24-21-18-15-12-9-6-3)68-62(65)56-53-50-47-44-41-38-35-33-31-29-26-23-20-17-14-11-8-5-2/h9,12,18,21,59H,4-8,10-11,13-17,19-20,22-58H2,1-3H3/b12-9-,21-18-. The van der Waals surface area contributed by atoms with E-state index in [9.17, 15) is 14.4 Å². The number of allylic oxidation sites excluding steroid dienone is 4. The highest BCUT2D eigenvalue weighted by Gasteiger charge is 2.19. The van der Waals surface area contributed by atoms with Crippen LogP contribution in [0.5, 0.6) is 0 Å². The molecule has 0 bridgehead atoms. The van der Waals surface area contributed by atoms with Crippen LogP contribution in [0.15, 0.2) is 24.3 Å². The van der Waals surface area contributed by atoms with Crippen molar-refractivity contribution in [2.75, 3.05) is 13.2 Å². The zero-order valence-electron chi connectivity index (χ0n) is 45.9. The summed E-state index contributed by atoms with van der Waals surface area (Å²) < 4.78 is 16.9. The average molecular weight is 958 g/mol. The van der Waals surface area contributed by atoms with Gasteiger partial charge >= 0.3 is 17.9 Å². The predicted octanol–water partition coefficient (Wildman–Crippen LogP) is 20.3. The van der Waals surface area contributed by atoms with Gasteiger partial charge in [-0.05, 0) is 44.9 Å². The Labute approximate surface area is 423 Å². The van der Waals surface area contributed by atoms with Crippen molar-refractivity contribution in [2.45, 2.75) is 341 Å². The first-order valence-electron chi connectivity index (χ1n) is 30.3. The molecule has 0 fully saturated rings. The molecule has 0 aliphatic carbocycles. The fraction of sp³-hybridized carbons (Fsp3) is 0.887. The SMILES string of the molecule is CC/C=C\C/C=C\CCCCCCCCCC(=O)OCC(COC(=O)CCCCCCCCCCCCCCCCCCCC)OC(=O)CCCCCCCCCCCCCCCCCCCC. The third-order valence-electron chi connectivity index (χ3n) is 13.7. The molecule has 68 heavy (non-hydrogen) atoms. The van der Waals surface area contributed by atoms with Gasteiger partial charge in [0, 0.05) is 19.3 Å². The van der Waals surface area contributed by atoms with Crippen LogP contribution in [0.3, 0.4) is 0 Å². The predicted molar refractivity (Wildman–Crippen MR) is 293 cm³/mol. The van der Waals surface area contributed by atoms with Crippen LogP contribution < -0.4 is 0 Å². The Morgan fingerprint density at radius 3 is 0.882 bits per heavy atom. The Balaban J connectivity index is 4.30. The van der Waals surface area contributed by atoms with E-state index in [0.29, 0.717) is 19.3 Å². The number of ether oxygens (including phenoxy) is 3. The summed E-state index contributed by atoms with van der Waals surface area (Å²) in [6, 6.07) is 0. The Kier molecular flexibility index (Phi) is 55.7. The summed E-state index contributed by atoms with van der Waals surface area (Å²) in [6.07, 6.45) is 67.5. The van der Waals surface area contributed by atoms with Crippen LogP contribution in [-0.2, 0) is 28.6 Å². The summed E-state index contributed by atoms with van der Waals surface area (Å²) in [6.45, 7) is 6.59. The Hall–Kier alpha value is -2.11. The van der Waals surface area contributed by atoms with E-state index < -0.39 is 6.10 Å². The van der Waals surface area contributed by atoms with Crippen molar-refractivity contribution in [3.8, 4) is 0 Å². The Morgan fingerprint density at radius 2 is 0.574 bits per heavy atom. The highest BCUT2D eigenvalue weighted by molar-refractivity contribution is 5.71. The zero-order chi connectivity index (χ0) is 49.3. The maximum Gasteiger partial charge on any atom is 0.306 e. The third-order valence-corrected chi connectivity index (χ3v) is 13.7.